The second-order valence-electron chi connectivity index (χ2n) is 6.15. The predicted molar refractivity (Wildman–Crippen MR) is 83.0 cm³/mol. The van der Waals surface area contributed by atoms with Crippen molar-refractivity contribution in [1.29, 1.82) is 0 Å². The molecule has 7 heteroatoms. The average molecular weight is 356 g/mol. The molecule has 1 heterocycles. The molecule has 2 bridgehead atoms. The molecule has 0 unspecified atom stereocenters. The number of aromatic hydroxyl groups is 2. The summed E-state index contributed by atoms with van der Waals surface area (Å²) in [6, 6.07) is 3.30. The summed E-state index contributed by atoms with van der Waals surface area (Å²) >= 11 is 5.64. The first-order chi connectivity index (χ1) is 11.3. The van der Waals surface area contributed by atoms with Gasteiger partial charge in [-0.25, -0.2) is 0 Å². The van der Waals surface area contributed by atoms with E-state index < -0.39 is 16.8 Å². The minimum Gasteiger partial charge on any atom is -0.494 e. The van der Waals surface area contributed by atoms with Crippen LogP contribution in [0.25, 0.3) is 5.69 Å². The fourth-order valence-corrected chi connectivity index (χ4v) is 3.95. The maximum atomic E-state index is 13.1. The normalized spacial score (nSPS) is 22.0. The van der Waals surface area contributed by atoms with Gasteiger partial charge in [-0.15, -0.1) is 0 Å². The first-order valence-corrected chi connectivity index (χ1v) is 7.88. The quantitative estimate of drug-likeness (QED) is 0.700. The molecule has 3 aliphatic carbocycles. The third-order valence-electron chi connectivity index (χ3n) is 4.82. The molecule has 0 spiro atoms. The monoisotopic (exact) mass is 355 g/mol. The van der Waals surface area contributed by atoms with Crippen LogP contribution >= 0.6 is 11.6 Å². The summed E-state index contributed by atoms with van der Waals surface area (Å²) in [5.74, 6) is -0.466. The SMILES string of the molecule is Oc1c2c(c(O)n1-c1ccc(Cl)c(C(F)(F)F)c1)[C@H]1C=C[C@@H]2CC1. The van der Waals surface area contributed by atoms with Gasteiger partial charge in [-0.3, -0.25) is 4.57 Å². The molecule has 2 aromatic rings. The number of hydrogen-bond acceptors (Lipinski definition) is 2. The standard InChI is InChI=1S/C17H13ClF3NO2/c18-12-6-5-10(7-11(12)17(19,20)21)22-15(23)13-8-1-2-9(4-3-8)14(13)16(22)24/h1-2,5-9,23-24H,3-4H2/t8-,9+. The fraction of sp³-hybridized carbons (Fsp3) is 0.294. The van der Waals surface area contributed by atoms with Crippen LogP contribution in [-0.2, 0) is 6.18 Å². The minimum atomic E-state index is -4.62. The van der Waals surface area contributed by atoms with Gasteiger partial charge in [-0.05, 0) is 31.0 Å². The Morgan fingerprint density at radius 2 is 1.54 bits per heavy atom. The predicted octanol–water partition coefficient (Wildman–Crippen LogP) is 5.09. The lowest BCUT2D eigenvalue weighted by Crippen LogP contribution is -2.15. The zero-order valence-electron chi connectivity index (χ0n) is 12.3. The third kappa shape index (κ3) is 2.05. The smallest absolute Gasteiger partial charge is 0.417 e. The van der Waals surface area contributed by atoms with Gasteiger partial charge in [-0.1, -0.05) is 23.8 Å². The molecule has 126 valence electrons. The first kappa shape index (κ1) is 15.4. The molecule has 1 aromatic heterocycles. The Hall–Kier alpha value is -2.08. The molecule has 0 saturated carbocycles. The van der Waals surface area contributed by atoms with E-state index in [1.807, 2.05) is 12.2 Å². The Bertz CT molecular complexity index is 832. The molecule has 0 saturated heterocycles. The van der Waals surface area contributed by atoms with E-state index >= 15 is 0 Å². The Morgan fingerprint density at radius 1 is 1.00 bits per heavy atom. The number of rotatable bonds is 1. The highest BCUT2D eigenvalue weighted by molar-refractivity contribution is 6.31. The molecule has 0 amide bonds. The van der Waals surface area contributed by atoms with Crippen molar-refractivity contribution in [3.05, 3.63) is 52.1 Å². The number of benzene rings is 1. The van der Waals surface area contributed by atoms with Crippen LogP contribution in [0.3, 0.4) is 0 Å². The lowest BCUT2D eigenvalue weighted by Gasteiger charge is -2.30. The van der Waals surface area contributed by atoms with Gasteiger partial charge < -0.3 is 10.2 Å². The van der Waals surface area contributed by atoms with E-state index in [2.05, 4.69) is 0 Å². The minimum absolute atomic E-state index is 0.0217. The van der Waals surface area contributed by atoms with Crippen molar-refractivity contribution in [2.45, 2.75) is 30.9 Å². The molecular weight excluding hydrogens is 343 g/mol. The second-order valence-corrected chi connectivity index (χ2v) is 6.55. The summed E-state index contributed by atoms with van der Waals surface area (Å²) in [5.41, 5.74) is 0.230. The summed E-state index contributed by atoms with van der Waals surface area (Å²) in [5, 5.41) is 20.7. The van der Waals surface area contributed by atoms with Crippen LogP contribution in [0.2, 0.25) is 5.02 Å². The molecule has 5 rings (SSSR count). The van der Waals surface area contributed by atoms with Crippen LogP contribution in [-0.4, -0.2) is 14.8 Å². The van der Waals surface area contributed by atoms with Crippen molar-refractivity contribution in [3.63, 3.8) is 0 Å². The molecule has 0 fully saturated rings. The van der Waals surface area contributed by atoms with E-state index in [9.17, 15) is 23.4 Å². The number of allylic oxidation sites excluding steroid dienone is 2. The number of halogens is 4. The summed E-state index contributed by atoms with van der Waals surface area (Å²) in [7, 11) is 0. The maximum Gasteiger partial charge on any atom is 0.417 e. The van der Waals surface area contributed by atoms with Gasteiger partial charge in [0.15, 0.2) is 0 Å². The number of fused-ring (bicyclic) bond motifs is 1. The molecule has 0 aliphatic heterocycles. The molecule has 3 nitrogen and oxygen atoms in total. The molecular formula is C17H13ClF3NO2. The van der Waals surface area contributed by atoms with Gasteiger partial charge in [0.05, 0.1) is 16.3 Å². The molecule has 24 heavy (non-hydrogen) atoms. The van der Waals surface area contributed by atoms with E-state index in [0.29, 0.717) is 11.1 Å². The molecule has 3 aliphatic rings. The zero-order chi connectivity index (χ0) is 17.2. The number of nitrogens with zero attached hydrogens (tertiary/aromatic N) is 1. The molecule has 1 aromatic carbocycles. The van der Waals surface area contributed by atoms with E-state index in [1.54, 1.807) is 0 Å². The van der Waals surface area contributed by atoms with Crippen molar-refractivity contribution in [1.82, 2.24) is 4.57 Å². The van der Waals surface area contributed by atoms with E-state index in [1.165, 1.54) is 6.07 Å². The summed E-state index contributed by atoms with van der Waals surface area (Å²) in [6.07, 6.45) is 1.02. The Kier molecular flexibility index (Phi) is 3.19. The summed E-state index contributed by atoms with van der Waals surface area (Å²) in [4.78, 5) is 0. The van der Waals surface area contributed by atoms with Crippen LogP contribution in [0.1, 0.15) is 41.4 Å². The summed E-state index contributed by atoms with van der Waals surface area (Å²) < 4.78 is 40.3. The van der Waals surface area contributed by atoms with Gasteiger partial charge in [0, 0.05) is 23.0 Å². The fourth-order valence-electron chi connectivity index (χ4n) is 3.73. The number of hydrogen-bond donors (Lipinski definition) is 2. The van der Waals surface area contributed by atoms with Crippen molar-refractivity contribution >= 4 is 11.6 Å². The molecule has 0 radical (unpaired) electrons. The summed E-state index contributed by atoms with van der Waals surface area (Å²) in [6.45, 7) is 0. The molecule has 2 atom stereocenters. The Balaban J connectivity index is 1.92. The average Bonchev–Trinajstić information content (AvgIpc) is 2.82. The van der Waals surface area contributed by atoms with E-state index in [0.717, 1.165) is 29.5 Å². The van der Waals surface area contributed by atoms with Gasteiger partial charge in [0.25, 0.3) is 0 Å². The number of alkyl halides is 3. The van der Waals surface area contributed by atoms with Crippen molar-refractivity contribution in [2.24, 2.45) is 0 Å². The van der Waals surface area contributed by atoms with Crippen molar-refractivity contribution in [2.75, 3.05) is 0 Å². The van der Waals surface area contributed by atoms with Crippen LogP contribution in [0.5, 0.6) is 11.8 Å². The Morgan fingerprint density at radius 3 is 2.00 bits per heavy atom. The maximum absolute atomic E-state index is 13.1. The van der Waals surface area contributed by atoms with Gasteiger partial charge >= 0.3 is 6.18 Å². The van der Waals surface area contributed by atoms with E-state index in [4.69, 9.17) is 11.6 Å². The highest BCUT2D eigenvalue weighted by Gasteiger charge is 2.39. The van der Waals surface area contributed by atoms with Crippen LogP contribution in [0.15, 0.2) is 30.4 Å². The highest BCUT2D eigenvalue weighted by atomic mass is 35.5. The second kappa shape index (κ2) is 4.96. The van der Waals surface area contributed by atoms with Crippen LogP contribution in [0, 0.1) is 0 Å². The topological polar surface area (TPSA) is 45.4 Å². The van der Waals surface area contributed by atoms with E-state index in [-0.39, 0.29) is 29.3 Å². The van der Waals surface area contributed by atoms with Gasteiger partial charge in [0.1, 0.15) is 0 Å². The lowest BCUT2D eigenvalue weighted by molar-refractivity contribution is -0.137. The third-order valence-corrected chi connectivity index (χ3v) is 5.14. The lowest BCUT2D eigenvalue weighted by atomic mass is 9.73. The Labute approximate surface area is 140 Å². The van der Waals surface area contributed by atoms with Crippen LogP contribution < -0.4 is 0 Å². The van der Waals surface area contributed by atoms with Crippen molar-refractivity contribution < 1.29 is 23.4 Å². The number of aromatic nitrogens is 1. The van der Waals surface area contributed by atoms with Gasteiger partial charge in [0.2, 0.25) is 11.8 Å². The highest BCUT2D eigenvalue weighted by Crippen LogP contribution is 2.54. The van der Waals surface area contributed by atoms with Crippen LogP contribution in [0.4, 0.5) is 13.2 Å². The zero-order valence-corrected chi connectivity index (χ0v) is 13.1. The largest absolute Gasteiger partial charge is 0.494 e. The van der Waals surface area contributed by atoms with Crippen molar-refractivity contribution in [3.8, 4) is 17.4 Å². The van der Waals surface area contributed by atoms with Gasteiger partial charge in [-0.2, -0.15) is 13.2 Å². The molecule has 2 N–H and O–H groups in total. The first-order valence-electron chi connectivity index (χ1n) is 7.51.